The van der Waals surface area contributed by atoms with Gasteiger partial charge in [-0.2, -0.15) is 0 Å². The molecule has 3 aromatic rings. The molecule has 4 nitrogen and oxygen atoms in total. The zero-order valence-electron chi connectivity index (χ0n) is 16.8. The monoisotopic (exact) mass is 374 g/mol. The lowest BCUT2D eigenvalue weighted by molar-refractivity contribution is 0.0595. The van der Waals surface area contributed by atoms with Gasteiger partial charge in [0, 0.05) is 25.9 Å². The maximum Gasteiger partial charge on any atom is 0.254 e. The summed E-state index contributed by atoms with van der Waals surface area (Å²) in [6.07, 6.45) is 1.73. The van der Waals surface area contributed by atoms with Crippen LogP contribution in [0, 0.1) is 13.8 Å². The first-order valence-corrected chi connectivity index (χ1v) is 9.36. The molecule has 3 rings (SSSR count). The Bertz CT molecular complexity index is 937. The lowest BCUT2D eigenvalue weighted by atomic mass is 9.97. The minimum atomic E-state index is -0.239. The van der Waals surface area contributed by atoms with Crippen LogP contribution in [0.3, 0.4) is 0 Å². The van der Waals surface area contributed by atoms with Gasteiger partial charge >= 0.3 is 0 Å². The molecule has 28 heavy (non-hydrogen) atoms. The van der Waals surface area contributed by atoms with E-state index in [0.29, 0.717) is 12.2 Å². The maximum absolute atomic E-state index is 13.0. The Morgan fingerprint density at radius 2 is 1.82 bits per heavy atom. The fourth-order valence-corrected chi connectivity index (χ4v) is 3.31. The molecular weight excluding hydrogens is 348 g/mol. The quantitative estimate of drug-likeness (QED) is 0.621. The van der Waals surface area contributed by atoms with Crippen molar-refractivity contribution in [1.29, 1.82) is 0 Å². The van der Waals surface area contributed by atoms with Crippen molar-refractivity contribution in [2.45, 2.75) is 19.9 Å². The summed E-state index contributed by atoms with van der Waals surface area (Å²) in [6, 6.07) is 19.7. The first kappa shape index (κ1) is 19.8. The lowest BCUT2D eigenvalue weighted by Gasteiger charge is -2.27. The first-order valence-electron chi connectivity index (χ1n) is 9.36. The first-order chi connectivity index (χ1) is 13.5. The number of aryl methyl sites for hydroxylation is 2. The Hall–Kier alpha value is -2.98. The van der Waals surface area contributed by atoms with Crippen molar-refractivity contribution < 1.29 is 9.53 Å². The van der Waals surface area contributed by atoms with Gasteiger partial charge in [0.05, 0.1) is 18.3 Å². The summed E-state index contributed by atoms with van der Waals surface area (Å²) in [6.45, 7) is 4.58. The highest BCUT2D eigenvalue weighted by Gasteiger charge is 2.23. The molecule has 1 heterocycles. The topological polar surface area (TPSA) is 42.4 Å². The Morgan fingerprint density at radius 1 is 1.07 bits per heavy atom. The van der Waals surface area contributed by atoms with Crippen molar-refractivity contribution >= 4 is 5.91 Å². The molecule has 0 fully saturated rings. The van der Waals surface area contributed by atoms with Crippen LogP contribution in [0.1, 0.15) is 33.2 Å². The third kappa shape index (κ3) is 4.29. The third-order valence-electron chi connectivity index (χ3n) is 4.98. The van der Waals surface area contributed by atoms with E-state index in [2.05, 4.69) is 37.0 Å². The number of nitrogens with zero attached hydrogens (tertiary/aromatic N) is 2. The van der Waals surface area contributed by atoms with Crippen LogP contribution in [-0.2, 0) is 4.74 Å². The van der Waals surface area contributed by atoms with Crippen LogP contribution in [0.4, 0.5) is 0 Å². The van der Waals surface area contributed by atoms with E-state index in [1.807, 2.05) is 42.5 Å². The van der Waals surface area contributed by atoms with Crippen molar-refractivity contribution in [3.63, 3.8) is 0 Å². The highest BCUT2D eigenvalue weighted by atomic mass is 16.5. The number of aromatic nitrogens is 1. The smallest absolute Gasteiger partial charge is 0.254 e. The van der Waals surface area contributed by atoms with E-state index in [-0.39, 0.29) is 11.9 Å². The molecule has 0 aliphatic heterocycles. The standard InChI is InChI=1S/C24H26N2O2/c1-17-8-9-18(2)21(15-17)19-10-12-20(13-11-19)24(27)26(3)23(16-28-4)22-7-5-6-14-25-22/h5-15,23H,16H2,1-4H3/t23-/m0/s1. The van der Waals surface area contributed by atoms with E-state index in [0.717, 1.165) is 11.3 Å². The Morgan fingerprint density at radius 3 is 2.46 bits per heavy atom. The summed E-state index contributed by atoms with van der Waals surface area (Å²) >= 11 is 0. The van der Waals surface area contributed by atoms with E-state index in [4.69, 9.17) is 4.74 Å². The average Bonchev–Trinajstić information content (AvgIpc) is 2.73. The molecule has 0 unspecified atom stereocenters. The number of carbonyl (C=O) groups is 1. The average molecular weight is 374 g/mol. The zero-order chi connectivity index (χ0) is 20.1. The van der Waals surface area contributed by atoms with Crippen molar-refractivity contribution in [3.05, 3.63) is 89.2 Å². The van der Waals surface area contributed by atoms with Gasteiger partial charge in [-0.05, 0) is 54.8 Å². The molecule has 144 valence electrons. The fourth-order valence-electron chi connectivity index (χ4n) is 3.31. The predicted molar refractivity (Wildman–Crippen MR) is 112 cm³/mol. The molecule has 2 aromatic carbocycles. The molecule has 0 saturated heterocycles. The lowest BCUT2D eigenvalue weighted by Crippen LogP contribution is -2.34. The van der Waals surface area contributed by atoms with Gasteiger partial charge in [-0.1, -0.05) is 42.0 Å². The summed E-state index contributed by atoms with van der Waals surface area (Å²) in [4.78, 5) is 19.1. The van der Waals surface area contributed by atoms with Crippen molar-refractivity contribution in [1.82, 2.24) is 9.88 Å². The third-order valence-corrected chi connectivity index (χ3v) is 4.98. The van der Waals surface area contributed by atoms with Crippen LogP contribution < -0.4 is 0 Å². The van der Waals surface area contributed by atoms with Gasteiger partial charge in [0.25, 0.3) is 5.91 Å². The summed E-state index contributed by atoms with van der Waals surface area (Å²) in [5.74, 6) is -0.0554. The summed E-state index contributed by atoms with van der Waals surface area (Å²) in [5, 5.41) is 0. The van der Waals surface area contributed by atoms with Crippen LogP contribution in [0.2, 0.25) is 0 Å². The molecule has 1 amide bonds. The molecular formula is C24H26N2O2. The second kappa shape index (κ2) is 8.81. The molecule has 0 bridgehead atoms. The van der Waals surface area contributed by atoms with E-state index in [9.17, 15) is 4.79 Å². The van der Waals surface area contributed by atoms with E-state index in [1.54, 1.807) is 25.3 Å². The minimum absolute atomic E-state index is 0.0554. The summed E-state index contributed by atoms with van der Waals surface area (Å²) in [5.41, 5.74) is 6.20. The second-order valence-electron chi connectivity index (χ2n) is 7.04. The highest BCUT2D eigenvalue weighted by molar-refractivity contribution is 5.94. The molecule has 0 radical (unpaired) electrons. The fraction of sp³-hybridized carbons (Fsp3) is 0.250. The molecule has 1 aromatic heterocycles. The highest BCUT2D eigenvalue weighted by Crippen LogP contribution is 2.26. The number of rotatable bonds is 6. The van der Waals surface area contributed by atoms with E-state index in [1.165, 1.54) is 16.7 Å². The second-order valence-corrected chi connectivity index (χ2v) is 7.04. The van der Waals surface area contributed by atoms with Gasteiger partial charge in [0.2, 0.25) is 0 Å². The number of ether oxygens (including phenoxy) is 1. The summed E-state index contributed by atoms with van der Waals surface area (Å²) in [7, 11) is 3.42. The normalized spacial score (nSPS) is 11.9. The number of methoxy groups -OCH3 is 1. The maximum atomic E-state index is 13.0. The van der Waals surface area contributed by atoms with Crippen LogP contribution in [0.15, 0.2) is 66.9 Å². The number of carbonyl (C=O) groups excluding carboxylic acids is 1. The van der Waals surface area contributed by atoms with Crippen LogP contribution in [-0.4, -0.2) is 36.6 Å². The number of likely N-dealkylation sites (N-methyl/N-ethyl adjacent to an activating group) is 1. The van der Waals surface area contributed by atoms with Crippen molar-refractivity contribution in [3.8, 4) is 11.1 Å². The molecule has 0 N–H and O–H groups in total. The van der Waals surface area contributed by atoms with Gasteiger partial charge in [0.15, 0.2) is 0 Å². The van der Waals surface area contributed by atoms with Crippen LogP contribution in [0.5, 0.6) is 0 Å². The molecule has 0 aliphatic rings. The Labute approximate surface area is 166 Å². The largest absolute Gasteiger partial charge is 0.382 e. The SMILES string of the molecule is COC[C@@H](c1ccccn1)N(C)C(=O)c1ccc(-c2cc(C)ccc2C)cc1. The number of amides is 1. The van der Waals surface area contributed by atoms with E-state index < -0.39 is 0 Å². The molecule has 0 saturated carbocycles. The number of hydrogen-bond donors (Lipinski definition) is 0. The van der Waals surface area contributed by atoms with Gasteiger partial charge in [0.1, 0.15) is 0 Å². The molecule has 0 aliphatic carbocycles. The Balaban J connectivity index is 1.84. The zero-order valence-corrected chi connectivity index (χ0v) is 16.8. The van der Waals surface area contributed by atoms with Crippen molar-refractivity contribution in [2.24, 2.45) is 0 Å². The minimum Gasteiger partial charge on any atom is -0.382 e. The predicted octanol–water partition coefficient (Wildman–Crippen LogP) is 4.83. The van der Waals surface area contributed by atoms with Gasteiger partial charge < -0.3 is 9.64 Å². The molecule has 0 spiro atoms. The van der Waals surface area contributed by atoms with Crippen LogP contribution in [0.25, 0.3) is 11.1 Å². The summed E-state index contributed by atoms with van der Waals surface area (Å²) < 4.78 is 5.33. The van der Waals surface area contributed by atoms with Gasteiger partial charge in [-0.3, -0.25) is 9.78 Å². The Kier molecular flexibility index (Phi) is 6.22. The number of benzene rings is 2. The number of hydrogen-bond acceptors (Lipinski definition) is 3. The van der Waals surface area contributed by atoms with Crippen LogP contribution >= 0.6 is 0 Å². The van der Waals surface area contributed by atoms with Gasteiger partial charge in [-0.25, -0.2) is 0 Å². The molecule has 1 atom stereocenters. The van der Waals surface area contributed by atoms with E-state index >= 15 is 0 Å². The van der Waals surface area contributed by atoms with Crippen molar-refractivity contribution in [2.75, 3.05) is 20.8 Å². The molecule has 4 heteroatoms. The number of pyridine rings is 1. The van der Waals surface area contributed by atoms with Gasteiger partial charge in [-0.15, -0.1) is 0 Å².